The summed E-state index contributed by atoms with van der Waals surface area (Å²) in [7, 11) is -3.33. The predicted octanol–water partition coefficient (Wildman–Crippen LogP) is 1.81. The zero-order valence-electron chi connectivity index (χ0n) is 10.6. The fourth-order valence-corrected chi connectivity index (χ4v) is 2.29. The van der Waals surface area contributed by atoms with Crippen LogP contribution in [0.3, 0.4) is 0 Å². The second-order valence-corrected chi connectivity index (χ2v) is 6.63. The molecule has 106 valence electrons. The molecule has 0 fully saturated rings. The monoisotopic (exact) mass is 304 g/mol. The van der Waals surface area contributed by atoms with Crippen LogP contribution in [0.2, 0.25) is 5.02 Å². The summed E-state index contributed by atoms with van der Waals surface area (Å²) in [5.41, 5.74) is 5.65. The van der Waals surface area contributed by atoms with E-state index in [2.05, 4.69) is 5.32 Å². The van der Waals surface area contributed by atoms with Gasteiger partial charge in [0.2, 0.25) is 5.91 Å². The van der Waals surface area contributed by atoms with Crippen molar-refractivity contribution in [3.05, 3.63) is 23.2 Å². The second-order valence-electron chi connectivity index (χ2n) is 4.21. The van der Waals surface area contributed by atoms with Crippen LogP contribution in [0.1, 0.15) is 19.3 Å². The zero-order valence-corrected chi connectivity index (χ0v) is 12.2. The Labute approximate surface area is 118 Å². The van der Waals surface area contributed by atoms with E-state index in [0.717, 1.165) is 12.7 Å². The Morgan fingerprint density at radius 3 is 2.63 bits per heavy atom. The number of carbonyl (C=O) groups excluding carboxylic acids is 1. The summed E-state index contributed by atoms with van der Waals surface area (Å²) in [6.07, 6.45) is 2.88. The Balaban J connectivity index is 2.80. The Morgan fingerprint density at radius 1 is 1.37 bits per heavy atom. The largest absolute Gasteiger partial charge is 0.330 e. The summed E-state index contributed by atoms with van der Waals surface area (Å²) in [5.74, 6) is -0.207. The number of nitrogens with two attached hydrogens (primary N) is 1. The van der Waals surface area contributed by atoms with Gasteiger partial charge in [-0.05, 0) is 37.6 Å². The first-order valence-electron chi connectivity index (χ1n) is 5.84. The molecule has 0 aromatic heterocycles. The lowest BCUT2D eigenvalue weighted by molar-refractivity contribution is -0.116. The molecule has 1 amide bonds. The number of amides is 1. The van der Waals surface area contributed by atoms with E-state index < -0.39 is 9.84 Å². The van der Waals surface area contributed by atoms with Crippen LogP contribution in [0.15, 0.2) is 23.1 Å². The fourth-order valence-electron chi connectivity index (χ4n) is 1.47. The number of halogens is 1. The molecule has 0 radical (unpaired) electrons. The molecule has 0 bridgehead atoms. The van der Waals surface area contributed by atoms with E-state index in [1.807, 2.05) is 0 Å². The molecule has 0 spiro atoms. The summed E-state index contributed by atoms with van der Waals surface area (Å²) in [4.78, 5) is 11.8. The molecular formula is C12H17ClN2O3S. The minimum atomic E-state index is -3.33. The lowest BCUT2D eigenvalue weighted by atomic mass is 10.2. The Kier molecular flexibility index (Phi) is 5.78. The van der Waals surface area contributed by atoms with Gasteiger partial charge in [-0.25, -0.2) is 8.42 Å². The van der Waals surface area contributed by atoms with Gasteiger partial charge in [-0.3, -0.25) is 4.79 Å². The molecule has 1 aromatic carbocycles. The van der Waals surface area contributed by atoms with Gasteiger partial charge >= 0.3 is 0 Å². The number of unbranched alkanes of at least 4 members (excludes halogenated alkanes) is 1. The van der Waals surface area contributed by atoms with Gasteiger partial charge < -0.3 is 11.1 Å². The van der Waals surface area contributed by atoms with Crippen LogP contribution in [0, 0.1) is 0 Å². The van der Waals surface area contributed by atoms with Gasteiger partial charge in [0.15, 0.2) is 9.84 Å². The van der Waals surface area contributed by atoms with Crippen molar-refractivity contribution < 1.29 is 13.2 Å². The molecule has 5 nitrogen and oxygen atoms in total. The predicted molar refractivity (Wildman–Crippen MR) is 76.1 cm³/mol. The molecule has 0 atom stereocenters. The maximum atomic E-state index is 11.6. The van der Waals surface area contributed by atoms with Gasteiger partial charge in [0.1, 0.15) is 0 Å². The van der Waals surface area contributed by atoms with Crippen LogP contribution >= 0.6 is 11.6 Å². The maximum Gasteiger partial charge on any atom is 0.224 e. The van der Waals surface area contributed by atoms with Crippen LogP contribution in [0.25, 0.3) is 0 Å². The Hall–Kier alpha value is -1.11. The fraction of sp³-hybridized carbons (Fsp3) is 0.417. The first kappa shape index (κ1) is 15.9. The molecule has 0 saturated carbocycles. The lowest BCUT2D eigenvalue weighted by Gasteiger charge is -2.08. The number of benzene rings is 1. The van der Waals surface area contributed by atoms with Gasteiger partial charge in [-0.2, -0.15) is 0 Å². The molecule has 0 heterocycles. The average molecular weight is 305 g/mol. The maximum absolute atomic E-state index is 11.6. The van der Waals surface area contributed by atoms with Gasteiger partial charge in [0.25, 0.3) is 0 Å². The van der Waals surface area contributed by atoms with Crippen molar-refractivity contribution in [2.45, 2.75) is 24.2 Å². The number of carbonyl (C=O) groups is 1. The molecule has 7 heteroatoms. The molecule has 19 heavy (non-hydrogen) atoms. The zero-order chi connectivity index (χ0) is 14.5. The summed E-state index contributed by atoms with van der Waals surface area (Å²) in [5, 5.41) is 2.91. The minimum absolute atomic E-state index is 0.120. The van der Waals surface area contributed by atoms with Crippen LogP contribution in [0.4, 0.5) is 5.69 Å². The van der Waals surface area contributed by atoms with Crippen molar-refractivity contribution in [2.75, 3.05) is 18.1 Å². The van der Waals surface area contributed by atoms with Crippen molar-refractivity contribution in [2.24, 2.45) is 5.73 Å². The van der Waals surface area contributed by atoms with Gasteiger partial charge in [0.05, 0.1) is 15.6 Å². The highest BCUT2D eigenvalue weighted by Crippen LogP contribution is 2.25. The van der Waals surface area contributed by atoms with Crippen molar-refractivity contribution in [1.82, 2.24) is 0 Å². The highest BCUT2D eigenvalue weighted by Gasteiger charge is 2.12. The molecular weight excluding hydrogens is 288 g/mol. The molecule has 0 aliphatic rings. The molecule has 1 aromatic rings. The summed E-state index contributed by atoms with van der Waals surface area (Å²) in [6, 6.07) is 4.22. The van der Waals surface area contributed by atoms with Crippen molar-refractivity contribution in [3.63, 3.8) is 0 Å². The number of sulfone groups is 1. The third-order valence-corrected chi connectivity index (χ3v) is 3.94. The van der Waals surface area contributed by atoms with E-state index in [4.69, 9.17) is 17.3 Å². The third kappa shape index (κ3) is 5.18. The standard InChI is InChI=1S/C12H17ClN2O3S/c1-19(17,18)9-5-6-10(13)11(8-9)15-12(16)4-2-3-7-14/h5-6,8H,2-4,7,14H2,1H3,(H,15,16). The van der Waals surface area contributed by atoms with Crippen molar-refractivity contribution in [3.8, 4) is 0 Å². The number of anilines is 1. The van der Waals surface area contributed by atoms with E-state index >= 15 is 0 Å². The highest BCUT2D eigenvalue weighted by atomic mass is 35.5. The summed E-state index contributed by atoms with van der Waals surface area (Å²) in [6.45, 7) is 0.539. The van der Waals surface area contributed by atoms with Crippen molar-refractivity contribution >= 4 is 33.0 Å². The van der Waals surface area contributed by atoms with Crippen LogP contribution in [0.5, 0.6) is 0 Å². The lowest BCUT2D eigenvalue weighted by Crippen LogP contribution is -2.13. The Bertz CT molecular complexity index is 558. The smallest absolute Gasteiger partial charge is 0.224 e. The molecule has 3 N–H and O–H groups in total. The van der Waals surface area contributed by atoms with E-state index in [-0.39, 0.29) is 10.8 Å². The SMILES string of the molecule is CS(=O)(=O)c1ccc(Cl)c(NC(=O)CCCCN)c1. The number of nitrogens with one attached hydrogen (secondary N) is 1. The summed E-state index contributed by atoms with van der Waals surface area (Å²) >= 11 is 5.92. The van der Waals surface area contributed by atoms with Gasteiger partial charge in [0, 0.05) is 12.7 Å². The first-order valence-corrected chi connectivity index (χ1v) is 8.11. The summed E-state index contributed by atoms with van der Waals surface area (Å²) < 4.78 is 22.8. The molecule has 0 unspecified atom stereocenters. The first-order chi connectivity index (χ1) is 8.84. The molecule has 1 rings (SSSR count). The number of rotatable bonds is 6. The molecule has 0 aliphatic carbocycles. The van der Waals surface area contributed by atoms with Gasteiger partial charge in [-0.15, -0.1) is 0 Å². The van der Waals surface area contributed by atoms with E-state index in [0.29, 0.717) is 30.1 Å². The average Bonchev–Trinajstić information content (AvgIpc) is 2.31. The topological polar surface area (TPSA) is 89.3 Å². The Morgan fingerprint density at radius 2 is 2.05 bits per heavy atom. The molecule has 0 aliphatic heterocycles. The van der Waals surface area contributed by atoms with E-state index in [9.17, 15) is 13.2 Å². The molecule has 0 saturated heterocycles. The number of hydrogen-bond donors (Lipinski definition) is 2. The minimum Gasteiger partial charge on any atom is -0.330 e. The van der Waals surface area contributed by atoms with E-state index in [1.165, 1.54) is 18.2 Å². The second kappa shape index (κ2) is 6.88. The van der Waals surface area contributed by atoms with Crippen LogP contribution in [-0.2, 0) is 14.6 Å². The van der Waals surface area contributed by atoms with Crippen LogP contribution < -0.4 is 11.1 Å². The van der Waals surface area contributed by atoms with E-state index in [1.54, 1.807) is 0 Å². The highest BCUT2D eigenvalue weighted by molar-refractivity contribution is 7.90. The quantitative estimate of drug-likeness (QED) is 0.784. The van der Waals surface area contributed by atoms with Crippen molar-refractivity contribution in [1.29, 1.82) is 0 Å². The van der Waals surface area contributed by atoms with Gasteiger partial charge in [-0.1, -0.05) is 11.6 Å². The number of hydrogen-bond acceptors (Lipinski definition) is 4. The normalized spacial score (nSPS) is 11.3. The van der Waals surface area contributed by atoms with Crippen LogP contribution in [-0.4, -0.2) is 27.1 Å². The third-order valence-electron chi connectivity index (χ3n) is 2.50.